The van der Waals surface area contributed by atoms with Crippen molar-refractivity contribution in [2.24, 2.45) is 0 Å². The van der Waals surface area contributed by atoms with Gasteiger partial charge >= 0.3 is 0 Å². The molecule has 59 heavy (non-hydrogen) atoms. The molecule has 0 bridgehead atoms. The number of fused-ring (bicyclic) bond motifs is 2. The van der Waals surface area contributed by atoms with E-state index >= 15 is 0 Å². The van der Waals surface area contributed by atoms with Gasteiger partial charge in [-0.25, -0.2) is 4.98 Å². The molecule has 9 aromatic rings. The van der Waals surface area contributed by atoms with Crippen LogP contribution in [-0.4, -0.2) is 19.6 Å². The first-order chi connectivity index (χ1) is 27.9. The average Bonchev–Trinajstić information content (AvgIpc) is 3.78. The number of aromatic hydroxyl groups is 1. The summed E-state index contributed by atoms with van der Waals surface area (Å²) < 4.78 is 9.02. The molecule has 0 aliphatic rings. The fourth-order valence-electron chi connectivity index (χ4n) is 7.92. The van der Waals surface area contributed by atoms with Crippen molar-refractivity contribution in [3.63, 3.8) is 0 Å². The van der Waals surface area contributed by atoms with Crippen LogP contribution in [0.5, 0.6) is 5.75 Å². The van der Waals surface area contributed by atoms with Crippen molar-refractivity contribution < 1.29 is 30.6 Å². The molecule has 6 aromatic carbocycles. The zero-order valence-corrected chi connectivity index (χ0v) is 36.6. The van der Waals surface area contributed by atoms with Crippen molar-refractivity contribution in [3.8, 4) is 67.8 Å². The molecule has 0 aliphatic heterocycles. The second-order valence-electron chi connectivity index (χ2n) is 17.2. The number of aryl methyl sites for hydroxylation is 1. The van der Waals surface area contributed by atoms with Gasteiger partial charge in [0, 0.05) is 60.6 Å². The minimum atomic E-state index is -0.140. The summed E-state index contributed by atoms with van der Waals surface area (Å²) in [6, 6.07) is 53.3. The number of phenols is 1. The Labute approximate surface area is 360 Å². The number of nitrogens with zero attached hydrogens (tertiary/aromatic N) is 3. The zero-order chi connectivity index (χ0) is 40.3. The SMILES string of the molecule is Cc1c(-c2ccccc2)oc2cc(-c3cccc4c3nc(-c3[c-]c(C(C)(C)C)cc(C(C)(C)C)c3)n4-c3ccccc3-c3ccccc3)nc(-c3ccccc3O)c12.[Pt]. The Morgan fingerprint density at radius 1 is 0.627 bits per heavy atom. The molecule has 0 amide bonds. The number of imidazole rings is 1. The number of hydrogen-bond donors (Lipinski definition) is 1. The molecule has 296 valence electrons. The minimum absolute atomic E-state index is 0. The van der Waals surface area contributed by atoms with E-state index in [-0.39, 0.29) is 37.6 Å². The standard InChI is InChI=1S/C53H46N3O2.Pt/c1-33-47-46(58-50(33)35-21-12-9-13-22-35)32-42(54-49(47)41-24-15-17-28-45(41)57)40-25-18-27-44-48(40)55-51(36-29-37(52(2,3)4)31-38(30-36)53(5,6)7)56(44)43-26-16-14-23-39(43)34-19-10-8-11-20-34;/h8-29,31-32,57H,1-7H3;/q-1;. The van der Waals surface area contributed by atoms with Gasteiger partial charge in [0.1, 0.15) is 17.1 Å². The largest absolute Gasteiger partial charge is 0.507 e. The van der Waals surface area contributed by atoms with E-state index in [0.29, 0.717) is 22.5 Å². The molecular formula is C53H46N3O2Pt-. The second-order valence-corrected chi connectivity index (χ2v) is 17.2. The van der Waals surface area contributed by atoms with E-state index in [2.05, 4.69) is 150 Å². The van der Waals surface area contributed by atoms with Crippen molar-refractivity contribution in [1.82, 2.24) is 14.5 Å². The summed E-state index contributed by atoms with van der Waals surface area (Å²) in [6.45, 7) is 15.6. The maximum absolute atomic E-state index is 11.3. The first-order valence-corrected chi connectivity index (χ1v) is 19.9. The summed E-state index contributed by atoms with van der Waals surface area (Å²) in [5.74, 6) is 1.73. The van der Waals surface area contributed by atoms with E-state index in [1.165, 1.54) is 5.56 Å². The third-order valence-electron chi connectivity index (χ3n) is 11.1. The number of pyridine rings is 1. The second kappa shape index (κ2) is 15.3. The fraction of sp³-hybridized carbons (Fsp3) is 0.170. The monoisotopic (exact) mass is 951 g/mol. The molecule has 5 nitrogen and oxygen atoms in total. The molecule has 0 aliphatic carbocycles. The van der Waals surface area contributed by atoms with Gasteiger partial charge in [-0.2, -0.15) is 0 Å². The molecule has 9 rings (SSSR count). The van der Waals surface area contributed by atoms with Crippen LogP contribution in [0.2, 0.25) is 0 Å². The molecule has 0 radical (unpaired) electrons. The fourth-order valence-corrected chi connectivity index (χ4v) is 7.92. The Balaban J connectivity index is 0.00000484. The van der Waals surface area contributed by atoms with Crippen molar-refractivity contribution in [1.29, 1.82) is 0 Å². The molecular weight excluding hydrogens is 906 g/mol. The third-order valence-corrected chi connectivity index (χ3v) is 11.1. The van der Waals surface area contributed by atoms with Crippen LogP contribution < -0.4 is 0 Å². The number of para-hydroxylation sites is 3. The van der Waals surface area contributed by atoms with Gasteiger partial charge in [0.15, 0.2) is 0 Å². The number of rotatable bonds is 6. The van der Waals surface area contributed by atoms with Crippen LogP contribution >= 0.6 is 0 Å². The maximum atomic E-state index is 11.3. The van der Waals surface area contributed by atoms with Crippen LogP contribution in [0.1, 0.15) is 58.2 Å². The van der Waals surface area contributed by atoms with Crippen molar-refractivity contribution in [3.05, 3.63) is 168 Å². The maximum Gasteiger partial charge on any atom is 0.139 e. The van der Waals surface area contributed by atoms with Crippen LogP contribution in [0.15, 0.2) is 150 Å². The number of furan rings is 1. The van der Waals surface area contributed by atoms with Crippen LogP contribution in [-0.2, 0) is 31.9 Å². The number of aromatic nitrogens is 3. The first-order valence-electron chi connectivity index (χ1n) is 19.9. The van der Waals surface area contributed by atoms with Crippen LogP contribution in [0, 0.1) is 13.0 Å². The van der Waals surface area contributed by atoms with Crippen LogP contribution in [0.4, 0.5) is 0 Å². The summed E-state index contributed by atoms with van der Waals surface area (Å²) in [5, 5.41) is 12.1. The van der Waals surface area contributed by atoms with Gasteiger partial charge in [0.25, 0.3) is 0 Å². The first kappa shape index (κ1) is 39.8. The van der Waals surface area contributed by atoms with E-state index < -0.39 is 0 Å². The number of phenolic OH excluding ortho intramolecular Hbond substituents is 1. The Morgan fingerprint density at radius 3 is 1.93 bits per heavy atom. The molecule has 6 heteroatoms. The molecule has 3 heterocycles. The summed E-state index contributed by atoms with van der Waals surface area (Å²) in [5.41, 5.74) is 13.5. The van der Waals surface area contributed by atoms with Gasteiger partial charge in [-0.05, 0) is 47.6 Å². The molecule has 3 aromatic heterocycles. The zero-order valence-electron chi connectivity index (χ0n) is 34.4. The molecule has 0 atom stereocenters. The average molecular weight is 952 g/mol. The summed E-state index contributed by atoms with van der Waals surface area (Å²) in [7, 11) is 0. The van der Waals surface area contributed by atoms with Crippen LogP contribution in [0.3, 0.4) is 0 Å². The number of hydrogen-bond acceptors (Lipinski definition) is 4. The van der Waals surface area contributed by atoms with Gasteiger partial charge in [-0.3, -0.25) is 4.98 Å². The van der Waals surface area contributed by atoms with Gasteiger partial charge < -0.3 is 14.1 Å². The van der Waals surface area contributed by atoms with Crippen molar-refractivity contribution >= 4 is 22.0 Å². The van der Waals surface area contributed by atoms with E-state index in [1.54, 1.807) is 6.07 Å². The molecule has 0 fully saturated rings. The van der Waals surface area contributed by atoms with Gasteiger partial charge in [-0.15, -0.1) is 34.9 Å². The molecule has 0 spiro atoms. The minimum Gasteiger partial charge on any atom is -0.507 e. The quantitative estimate of drug-likeness (QED) is 0.169. The van der Waals surface area contributed by atoms with Crippen molar-refractivity contribution in [2.45, 2.75) is 59.3 Å². The topological polar surface area (TPSA) is 64.1 Å². The third kappa shape index (κ3) is 7.23. The molecule has 0 unspecified atom stereocenters. The molecule has 0 saturated carbocycles. The van der Waals surface area contributed by atoms with E-state index in [4.69, 9.17) is 14.4 Å². The van der Waals surface area contributed by atoms with Crippen LogP contribution in [0.25, 0.3) is 84.0 Å². The number of benzene rings is 6. The Bertz CT molecular complexity index is 2950. The van der Waals surface area contributed by atoms with Gasteiger partial charge in [-0.1, -0.05) is 145 Å². The smallest absolute Gasteiger partial charge is 0.139 e. The predicted molar refractivity (Wildman–Crippen MR) is 238 cm³/mol. The summed E-state index contributed by atoms with van der Waals surface area (Å²) in [6.07, 6.45) is 0. The Morgan fingerprint density at radius 2 is 1.25 bits per heavy atom. The van der Waals surface area contributed by atoms with E-state index in [0.717, 1.165) is 72.6 Å². The van der Waals surface area contributed by atoms with E-state index in [9.17, 15) is 5.11 Å². The Hall–Kier alpha value is -6.03. The molecule has 1 N–H and O–H groups in total. The molecule has 0 saturated heterocycles. The van der Waals surface area contributed by atoms with Crippen molar-refractivity contribution in [2.75, 3.05) is 0 Å². The summed E-state index contributed by atoms with van der Waals surface area (Å²) >= 11 is 0. The van der Waals surface area contributed by atoms with E-state index in [1.807, 2.05) is 48.5 Å². The van der Waals surface area contributed by atoms with Gasteiger partial charge in [0.2, 0.25) is 0 Å². The summed E-state index contributed by atoms with van der Waals surface area (Å²) in [4.78, 5) is 11.0. The van der Waals surface area contributed by atoms with Gasteiger partial charge in [0.05, 0.1) is 33.6 Å². The normalized spacial score (nSPS) is 11.9. The Kier molecular flexibility index (Phi) is 10.3. The predicted octanol–water partition coefficient (Wildman–Crippen LogP) is 13.9.